The van der Waals surface area contributed by atoms with Crippen molar-refractivity contribution in [3.63, 3.8) is 0 Å². The molecule has 1 fully saturated rings. The number of carbonyl (C=O) groups excluding carboxylic acids is 1. The number of likely N-dealkylation sites (tertiary alicyclic amines) is 1. The van der Waals surface area contributed by atoms with Crippen LogP contribution in [0.2, 0.25) is 0 Å². The molecule has 1 aliphatic rings. The molecule has 28 heavy (non-hydrogen) atoms. The number of nitrogens with one attached hydrogen (secondary N) is 1. The van der Waals surface area contributed by atoms with Crippen molar-refractivity contribution in [2.45, 2.75) is 58.2 Å². The maximum absolute atomic E-state index is 12.4. The Morgan fingerprint density at radius 2 is 2.29 bits per heavy atom. The second-order valence-electron chi connectivity index (χ2n) is 7.81. The third kappa shape index (κ3) is 4.73. The van der Waals surface area contributed by atoms with E-state index < -0.39 is 0 Å². The van der Waals surface area contributed by atoms with Crippen LogP contribution in [0, 0.1) is 18.3 Å². The first kappa shape index (κ1) is 20.0. The Labute approximate surface area is 165 Å². The van der Waals surface area contributed by atoms with Gasteiger partial charge in [0, 0.05) is 36.6 Å². The molecule has 0 aliphatic carbocycles. The molecule has 3 heterocycles. The summed E-state index contributed by atoms with van der Waals surface area (Å²) >= 11 is 0. The Bertz CT molecular complexity index is 853. The number of aromatic nitrogens is 4. The highest BCUT2D eigenvalue weighted by atomic mass is 16.2. The predicted molar refractivity (Wildman–Crippen MR) is 105 cm³/mol. The summed E-state index contributed by atoms with van der Waals surface area (Å²) in [4.78, 5) is 22.8. The van der Waals surface area contributed by atoms with Gasteiger partial charge in [-0.25, -0.2) is 9.67 Å². The van der Waals surface area contributed by atoms with Crippen molar-refractivity contribution in [2.24, 2.45) is 0 Å². The topological polar surface area (TPSA) is 99.7 Å². The van der Waals surface area contributed by atoms with Crippen LogP contribution in [0.1, 0.15) is 38.9 Å². The molecule has 0 bridgehead atoms. The molecule has 1 amide bonds. The summed E-state index contributed by atoms with van der Waals surface area (Å²) in [5.41, 5.74) is 0.648. The highest BCUT2D eigenvalue weighted by Crippen LogP contribution is 2.18. The quantitative estimate of drug-likeness (QED) is 0.786. The van der Waals surface area contributed by atoms with Gasteiger partial charge in [-0.05, 0) is 52.2 Å². The van der Waals surface area contributed by atoms with Crippen molar-refractivity contribution >= 4 is 5.91 Å². The largest absolute Gasteiger partial charge is 0.326 e. The molecule has 1 saturated heterocycles. The van der Waals surface area contributed by atoms with E-state index in [0.717, 1.165) is 30.7 Å². The van der Waals surface area contributed by atoms with Crippen LogP contribution in [0.15, 0.2) is 24.5 Å². The van der Waals surface area contributed by atoms with E-state index in [1.807, 2.05) is 23.7 Å². The lowest BCUT2D eigenvalue weighted by Gasteiger charge is -2.28. The summed E-state index contributed by atoms with van der Waals surface area (Å²) in [6.07, 6.45) is 5.94. The van der Waals surface area contributed by atoms with Crippen LogP contribution in [-0.2, 0) is 11.3 Å². The van der Waals surface area contributed by atoms with Crippen LogP contribution in [0.3, 0.4) is 0 Å². The van der Waals surface area contributed by atoms with E-state index >= 15 is 0 Å². The van der Waals surface area contributed by atoms with E-state index in [-0.39, 0.29) is 24.0 Å². The maximum atomic E-state index is 12.4. The lowest BCUT2D eigenvalue weighted by atomic mass is 10.0. The van der Waals surface area contributed by atoms with Crippen LogP contribution in [0.4, 0.5) is 0 Å². The molecule has 0 unspecified atom stereocenters. The monoisotopic (exact) mass is 381 g/mol. The zero-order valence-electron chi connectivity index (χ0n) is 16.7. The second-order valence-corrected chi connectivity index (χ2v) is 7.81. The Hall–Kier alpha value is -2.79. The average Bonchev–Trinajstić information content (AvgIpc) is 3.32. The van der Waals surface area contributed by atoms with Crippen molar-refractivity contribution in [3.05, 3.63) is 30.4 Å². The number of amides is 1. The summed E-state index contributed by atoms with van der Waals surface area (Å²) in [5, 5.41) is 17.1. The molecule has 0 spiro atoms. The fourth-order valence-electron chi connectivity index (χ4n) is 3.34. The van der Waals surface area contributed by atoms with Gasteiger partial charge in [-0.1, -0.05) is 0 Å². The van der Waals surface area contributed by atoms with E-state index in [4.69, 9.17) is 5.26 Å². The molecule has 1 N–H and O–H groups in total. The van der Waals surface area contributed by atoms with E-state index in [1.165, 1.54) is 0 Å². The van der Waals surface area contributed by atoms with Gasteiger partial charge in [0.25, 0.3) is 0 Å². The first-order valence-electron chi connectivity index (χ1n) is 9.65. The molecule has 2 aromatic heterocycles. The maximum Gasteiger partial charge on any atom is 0.237 e. The van der Waals surface area contributed by atoms with Crippen LogP contribution in [0.25, 0.3) is 11.4 Å². The molecule has 3 rings (SSSR count). The van der Waals surface area contributed by atoms with E-state index in [2.05, 4.69) is 40.3 Å². The molecule has 8 heteroatoms. The van der Waals surface area contributed by atoms with Gasteiger partial charge in [-0.2, -0.15) is 10.4 Å². The van der Waals surface area contributed by atoms with Gasteiger partial charge in [-0.15, -0.1) is 0 Å². The second kappa shape index (κ2) is 8.48. The molecule has 2 aromatic rings. The molecule has 0 radical (unpaired) electrons. The number of aryl methyl sites for hydroxylation is 2. The van der Waals surface area contributed by atoms with Gasteiger partial charge in [-0.3, -0.25) is 9.78 Å². The van der Waals surface area contributed by atoms with Gasteiger partial charge in [0.05, 0.1) is 12.6 Å². The molecular weight excluding hydrogens is 354 g/mol. The summed E-state index contributed by atoms with van der Waals surface area (Å²) in [5.74, 6) is 1.51. The molecular formula is C20H27N7O. The third-order valence-corrected chi connectivity index (χ3v) is 5.17. The molecule has 1 aliphatic heterocycles. The third-order valence-electron chi connectivity index (χ3n) is 5.17. The van der Waals surface area contributed by atoms with Gasteiger partial charge in [0.1, 0.15) is 11.9 Å². The number of carbonyl (C=O) groups is 1. The minimum Gasteiger partial charge on any atom is -0.326 e. The molecule has 8 nitrogen and oxygen atoms in total. The lowest BCUT2D eigenvalue weighted by Crippen LogP contribution is -2.48. The summed E-state index contributed by atoms with van der Waals surface area (Å²) < 4.78 is 1.89. The van der Waals surface area contributed by atoms with Gasteiger partial charge < -0.3 is 10.2 Å². The average molecular weight is 381 g/mol. The minimum absolute atomic E-state index is 0.00655. The zero-order valence-corrected chi connectivity index (χ0v) is 16.7. The van der Waals surface area contributed by atoms with Crippen molar-refractivity contribution in [1.29, 1.82) is 5.26 Å². The van der Waals surface area contributed by atoms with Crippen molar-refractivity contribution in [2.75, 3.05) is 13.1 Å². The first-order valence-corrected chi connectivity index (χ1v) is 9.65. The number of hydrogen-bond donors (Lipinski definition) is 1. The fraction of sp³-hybridized carbons (Fsp3) is 0.550. The highest BCUT2D eigenvalue weighted by molar-refractivity contribution is 5.79. The SMILES string of the molecule is Cc1nc(-c2cccnc2)nn1CCC(C)(C)NCC(=O)N1CCC[C@H]1C#N. The molecule has 0 aromatic carbocycles. The summed E-state index contributed by atoms with van der Waals surface area (Å²) in [6.45, 7) is 7.68. The van der Waals surface area contributed by atoms with Gasteiger partial charge >= 0.3 is 0 Å². The van der Waals surface area contributed by atoms with Gasteiger partial charge in [0.2, 0.25) is 5.91 Å². The Balaban J connectivity index is 1.54. The highest BCUT2D eigenvalue weighted by Gasteiger charge is 2.29. The van der Waals surface area contributed by atoms with Crippen LogP contribution in [-0.4, -0.2) is 55.2 Å². The first-order chi connectivity index (χ1) is 13.4. The van der Waals surface area contributed by atoms with Crippen molar-refractivity contribution in [1.82, 2.24) is 30.0 Å². The smallest absolute Gasteiger partial charge is 0.237 e. The standard InChI is InChI=1S/C20H27N7O/c1-15-24-19(16-6-4-9-22-13-16)25-27(15)11-8-20(2,3)23-14-18(28)26-10-5-7-17(26)12-21/h4,6,9,13,17,23H,5,7-8,10-11,14H2,1-3H3/t17-/m0/s1. The van der Waals surface area contributed by atoms with Crippen molar-refractivity contribution in [3.8, 4) is 17.5 Å². The van der Waals surface area contributed by atoms with E-state index in [0.29, 0.717) is 18.9 Å². The number of pyridine rings is 1. The summed E-state index contributed by atoms with van der Waals surface area (Å²) in [6, 6.07) is 5.75. The Morgan fingerprint density at radius 1 is 1.46 bits per heavy atom. The minimum atomic E-state index is -0.277. The Kier molecular flexibility index (Phi) is 6.05. The molecule has 1 atom stereocenters. The fourth-order valence-corrected chi connectivity index (χ4v) is 3.34. The van der Waals surface area contributed by atoms with Crippen molar-refractivity contribution < 1.29 is 4.79 Å². The number of hydrogen-bond acceptors (Lipinski definition) is 6. The molecule has 0 saturated carbocycles. The van der Waals surface area contributed by atoms with Crippen LogP contribution in [0.5, 0.6) is 0 Å². The number of nitrogens with zero attached hydrogens (tertiary/aromatic N) is 6. The lowest BCUT2D eigenvalue weighted by molar-refractivity contribution is -0.130. The Morgan fingerprint density at radius 3 is 3.00 bits per heavy atom. The van der Waals surface area contributed by atoms with Crippen LogP contribution >= 0.6 is 0 Å². The van der Waals surface area contributed by atoms with Crippen LogP contribution < -0.4 is 5.32 Å². The summed E-state index contributed by atoms with van der Waals surface area (Å²) in [7, 11) is 0. The number of nitriles is 1. The predicted octanol–water partition coefficient (Wildman–Crippen LogP) is 1.92. The molecule has 148 valence electrons. The number of rotatable bonds is 7. The van der Waals surface area contributed by atoms with E-state index in [1.54, 1.807) is 17.3 Å². The normalized spacial score (nSPS) is 16.9. The van der Waals surface area contributed by atoms with E-state index in [9.17, 15) is 4.79 Å². The zero-order chi connectivity index (χ0) is 20.1. The van der Waals surface area contributed by atoms with Gasteiger partial charge in [0.15, 0.2) is 5.82 Å².